The second kappa shape index (κ2) is 13.1. The number of nitrogens with zero attached hydrogens (tertiary/aromatic N) is 2. The van der Waals surface area contributed by atoms with Gasteiger partial charge in [0.1, 0.15) is 11.5 Å². The van der Waals surface area contributed by atoms with Gasteiger partial charge >= 0.3 is 6.03 Å². The third kappa shape index (κ3) is 6.65. The number of urea groups is 1. The Labute approximate surface area is 261 Å². The first-order chi connectivity index (χ1) is 22.0. The molecule has 3 amide bonds. The second-order valence-electron chi connectivity index (χ2n) is 10.5. The van der Waals surface area contributed by atoms with E-state index in [0.717, 1.165) is 11.1 Å². The van der Waals surface area contributed by atoms with Gasteiger partial charge in [-0.25, -0.2) is 9.79 Å². The van der Waals surface area contributed by atoms with Crippen molar-refractivity contribution in [3.63, 3.8) is 0 Å². The van der Waals surface area contributed by atoms with Crippen LogP contribution in [-0.4, -0.2) is 36.1 Å². The highest BCUT2D eigenvalue weighted by Gasteiger charge is 2.34. The van der Waals surface area contributed by atoms with Crippen LogP contribution in [0.25, 0.3) is 0 Å². The van der Waals surface area contributed by atoms with E-state index < -0.39 is 18.1 Å². The Morgan fingerprint density at radius 2 is 1.38 bits per heavy atom. The van der Waals surface area contributed by atoms with Crippen LogP contribution in [-0.2, 0) is 4.79 Å². The Hall–Kier alpha value is -6.02. The quantitative estimate of drug-likeness (QED) is 0.189. The number of nitrogens with one attached hydrogen (secondary N) is 2. The van der Waals surface area contributed by atoms with Crippen LogP contribution < -0.4 is 20.3 Å². The topological polar surface area (TPSA) is 100 Å². The molecule has 222 valence electrons. The number of ether oxygens (including phenoxy) is 1. The lowest BCUT2D eigenvalue weighted by molar-refractivity contribution is -0.120. The monoisotopic (exact) mass is 594 g/mol. The molecule has 1 aliphatic rings. The number of rotatable bonds is 8. The molecule has 1 heterocycles. The summed E-state index contributed by atoms with van der Waals surface area (Å²) in [5.74, 6) is 0.550. The van der Waals surface area contributed by atoms with Gasteiger partial charge in [0, 0.05) is 22.4 Å². The molecule has 1 aliphatic heterocycles. The number of para-hydroxylation sites is 2. The van der Waals surface area contributed by atoms with E-state index in [4.69, 9.17) is 9.73 Å². The van der Waals surface area contributed by atoms with Crippen LogP contribution in [0, 0.1) is 6.92 Å². The van der Waals surface area contributed by atoms with E-state index in [1.165, 1.54) is 4.90 Å². The summed E-state index contributed by atoms with van der Waals surface area (Å²) in [4.78, 5) is 47.1. The molecule has 1 atom stereocenters. The molecule has 0 aliphatic carbocycles. The molecule has 45 heavy (non-hydrogen) atoms. The van der Waals surface area contributed by atoms with Crippen LogP contribution in [0.5, 0.6) is 11.5 Å². The average molecular weight is 595 g/mol. The molecule has 6 rings (SSSR count). The van der Waals surface area contributed by atoms with Crippen molar-refractivity contribution in [3.8, 4) is 11.5 Å². The second-order valence-corrected chi connectivity index (χ2v) is 10.5. The minimum Gasteiger partial charge on any atom is -0.457 e. The predicted molar refractivity (Wildman–Crippen MR) is 175 cm³/mol. The number of benzene rings is 5. The maximum Gasteiger partial charge on any atom is 0.321 e. The number of fused-ring (bicyclic) bond motifs is 1. The van der Waals surface area contributed by atoms with Crippen molar-refractivity contribution in [1.82, 2.24) is 5.32 Å². The molecular formula is C37H30N4O4. The zero-order valence-electron chi connectivity index (χ0n) is 24.5. The number of aliphatic imine (C=N–C) groups is 1. The fraction of sp³-hybridized carbons (Fsp3) is 0.0811. The molecule has 0 bridgehead atoms. The summed E-state index contributed by atoms with van der Waals surface area (Å²) < 4.78 is 5.83. The third-order valence-corrected chi connectivity index (χ3v) is 7.36. The van der Waals surface area contributed by atoms with E-state index in [2.05, 4.69) is 10.6 Å². The van der Waals surface area contributed by atoms with Crippen LogP contribution in [0.4, 0.5) is 16.2 Å². The summed E-state index contributed by atoms with van der Waals surface area (Å²) in [7, 11) is 0. The lowest BCUT2D eigenvalue weighted by Crippen LogP contribution is -2.50. The predicted octanol–water partition coefficient (Wildman–Crippen LogP) is 7.00. The Kier molecular flexibility index (Phi) is 8.46. The van der Waals surface area contributed by atoms with Gasteiger partial charge in [0.05, 0.1) is 17.9 Å². The van der Waals surface area contributed by atoms with Gasteiger partial charge in [-0.3, -0.25) is 9.59 Å². The number of aryl methyl sites for hydroxylation is 1. The molecule has 0 saturated heterocycles. The standard InChI is InChI=1S/C37H30N4O4/c1-25-12-8-9-17-30(25)33(42)24-41-32-19-11-10-18-31(32)34(26-13-4-2-5-14-26)39-35(36(41)43)40-37(44)38-27-20-22-29(23-21-27)45-28-15-6-3-7-16-28/h2-23,35H,24H2,1H3,(H2,38,40,44)/t35-/m0/s1. The van der Waals surface area contributed by atoms with Crippen LogP contribution in [0.2, 0.25) is 0 Å². The Balaban J connectivity index is 1.28. The van der Waals surface area contributed by atoms with Gasteiger partial charge in [-0.05, 0) is 55.0 Å². The molecule has 0 fully saturated rings. The highest BCUT2D eigenvalue weighted by Crippen LogP contribution is 2.29. The fourth-order valence-electron chi connectivity index (χ4n) is 5.15. The number of carbonyl (C=O) groups is 3. The number of hydrogen-bond acceptors (Lipinski definition) is 5. The van der Waals surface area contributed by atoms with Crippen LogP contribution in [0.3, 0.4) is 0 Å². The van der Waals surface area contributed by atoms with E-state index in [0.29, 0.717) is 39.7 Å². The van der Waals surface area contributed by atoms with Crippen molar-refractivity contribution < 1.29 is 19.1 Å². The van der Waals surface area contributed by atoms with E-state index in [1.54, 1.807) is 42.5 Å². The number of benzodiazepines with no additional fused rings is 1. The summed E-state index contributed by atoms with van der Waals surface area (Å²) >= 11 is 0. The van der Waals surface area contributed by atoms with Gasteiger partial charge in [0.15, 0.2) is 5.78 Å². The summed E-state index contributed by atoms with van der Waals surface area (Å²) in [6.07, 6.45) is -1.31. The molecule has 0 spiro atoms. The average Bonchev–Trinajstić information content (AvgIpc) is 3.17. The van der Waals surface area contributed by atoms with E-state index in [9.17, 15) is 14.4 Å². The highest BCUT2D eigenvalue weighted by molar-refractivity contribution is 6.21. The summed E-state index contributed by atoms with van der Waals surface area (Å²) in [6.45, 7) is 1.64. The summed E-state index contributed by atoms with van der Waals surface area (Å²) in [5.41, 5.74) is 4.34. The highest BCUT2D eigenvalue weighted by atomic mass is 16.5. The smallest absolute Gasteiger partial charge is 0.321 e. The van der Waals surface area contributed by atoms with Gasteiger partial charge < -0.3 is 20.3 Å². The molecule has 5 aromatic carbocycles. The van der Waals surface area contributed by atoms with Crippen molar-refractivity contribution >= 4 is 34.8 Å². The number of amides is 3. The van der Waals surface area contributed by atoms with Gasteiger partial charge in [0.2, 0.25) is 6.17 Å². The van der Waals surface area contributed by atoms with Crippen LogP contribution >= 0.6 is 0 Å². The Bertz CT molecular complexity index is 1870. The van der Waals surface area contributed by atoms with Gasteiger partial charge in [-0.2, -0.15) is 0 Å². The first-order valence-corrected chi connectivity index (χ1v) is 14.5. The minimum absolute atomic E-state index is 0.221. The summed E-state index contributed by atoms with van der Waals surface area (Å²) in [6, 6.07) is 39.7. The largest absolute Gasteiger partial charge is 0.457 e. The molecule has 8 nitrogen and oxygen atoms in total. The lowest BCUT2D eigenvalue weighted by atomic mass is 9.99. The third-order valence-electron chi connectivity index (χ3n) is 7.36. The molecule has 0 saturated carbocycles. The zero-order valence-corrected chi connectivity index (χ0v) is 24.5. The number of hydrogen-bond donors (Lipinski definition) is 2. The zero-order chi connectivity index (χ0) is 31.2. The molecule has 0 aromatic heterocycles. The molecule has 2 N–H and O–H groups in total. The number of Topliss-reactive ketones (excluding diaryl/α,β-unsaturated/α-hetero) is 1. The van der Waals surface area contributed by atoms with E-state index in [1.807, 2.05) is 97.9 Å². The molecule has 0 radical (unpaired) electrons. The van der Waals surface area contributed by atoms with Crippen LogP contribution in [0.15, 0.2) is 138 Å². The van der Waals surface area contributed by atoms with Crippen LogP contribution in [0.1, 0.15) is 27.0 Å². The maximum absolute atomic E-state index is 14.2. The van der Waals surface area contributed by atoms with Crippen molar-refractivity contribution in [2.75, 3.05) is 16.8 Å². The molecular weight excluding hydrogens is 564 g/mol. The van der Waals surface area contributed by atoms with Gasteiger partial charge in [0.25, 0.3) is 5.91 Å². The number of carbonyl (C=O) groups excluding carboxylic acids is 3. The fourth-order valence-corrected chi connectivity index (χ4v) is 5.15. The number of ketones is 1. The summed E-state index contributed by atoms with van der Waals surface area (Å²) in [5, 5.41) is 5.50. The first-order valence-electron chi connectivity index (χ1n) is 14.5. The van der Waals surface area contributed by atoms with Crippen molar-refractivity contribution in [3.05, 3.63) is 156 Å². The lowest BCUT2D eigenvalue weighted by Gasteiger charge is -2.25. The first kappa shape index (κ1) is 29.1. The minimum atomic E-state index is -1.31. The number of anilines is 2. The SMILES string of the molecule is Cc1ccccc1C(=O)CN1C(=O)[C@H](NC(=O)Nc2ccc(Oc3ccccc3)cc2)N=C(c2ccccc2)c2ccccc21. The van der Waals surface area contributed by atoms with Gasteiger partial charge in [-0.1, -0.05) is 91.0 Å². The van der Waals surface area contributed by atoms with Crippen molar-refractivity contribution in [1.29, 1.82) is 0 Å². The maximum atomic E-state index is 14.2. The Morgan fingerprint density at radius 3 is 2.11 bits per heavy atom. The molecule has 0 unspecified atom stereocenters. The van der Waals surface area contributed by atoms with E-state index >= 15 is 0 Å². The molecule has 8 heteroatoms. The van der Waals surface area contributed by atoms with E-state index in [-0.39, 0.29) is 12.3 Å². The van der Waals surface area contributed by atoms with Crippen molar-refractivity contribution in [2.24, 2.45) is 4.99 Å². The normalized spacial score (nSPS) is 14.1. The van der Waals surface area contributed by atoms with Gasteiger partial charge in [-0.15, -0.1) is 0 Å². The molecule has 5 aromatic rings. The Morgan fingerprint density at radius 1 is 0.756 bits per heavy atom. The van der Waals surface area contributed by atoms with Crippen molar-refractivity contribution in [2.45, 2.75) is 13.1 Å².